The largest absolute Gasteiger partial charge is 0.284 e. The summed E-state index contributed by atoms with van der Waals surface area (Å²) in [5.41, 5.74) is 0.571. The lowest BCUT2D eigenvalue weighted by Gasteiger charge is -1.93. The Balaban J connectivity index is 2.97. The molecule has 0 aliphatic heterocycles. The van der Waals surface area contributed by atoms with Crippen molar-refractivity contribution in [2.45, 2.75) is 19.8 Å². The number of unbranched alkanes of at least 4 members (excludes halogenated alkanes) is 1. The van der Waals surface area contributed by atoms with E-state index >= 15 is 0 Å². The van der Waals surface area contributed by atoms with Gasteiger partial charge in [0.05, 0.1) is 4.92 Å². The van der Waals surface area contributed by atoms with Crippen molar-refractivity contribution >= 4 is 5.69 Å². The van der Waals surface area contributed by atoms with Gasteiger partial charge in [-0.2, -0.15) is 0 Å². The van der Waals surface area contributed by atoms with Gasteiger partial charge < -0.3 is 0 Å². The van der Waals surface area contributed by atoms with Crippen molar-refractivity contribution in [1.82, 2.24) is 0 Å². The first-order valence-electron chi connectivity index (χ1n) is 4.48. The van der Waals surface area contributed by atoms with E-state index in [0.29, 0.717) is 5.56 Å². The first-order chi connectivity index (χ1) is 6.75. The predicted molar refractivity (Wildman–Crippen MR) is 54.9 cm³/mol. The molecular weight excluding hydrogens is 178 g/mol. The third-order valence-electron chi connectivity index (χ3n) is 1.70. The number of para-hydroxylation sites is 1. The number of hydrogen-bond donors (Lipinski definition) is 0. The summed E-state index contributed by atoms with van der Waals surface area (Å²) in [7, 11) is 0. The van der Waals surface area contributed by atoms with Gasteiger partial charge in [-0.25, -0.2) is 0 Å². The molecule has 0 bridgehead atoms. The van der Waals surface area contributed by atoms with Crippen LogP contribution in [0, 0.1) is 22.0 Å². The summed E-state index contributed by atoms with van der Waals surface area (Å²) in [6, 6.07) is 6.53. The van der Waals surface area contributed by atoms with Crippen molar-refractivity contribution in [3.05, 3.63) is 39.9 Å². The average molecular weight is 189 g/mol. The summed E-state index contributed by atoms with van der Waals surface area (Å²) in [5.74, 6) is 5.70. The standard InChI is InChI=1S/C11H11NO2/c1-2-3-4-7-10-8-5-6-9-11(10)12(13)14/h5-6,8-9H,2-3H2,1H3. The molecule has 0 spiro atoms. The highest BCUT2D eigenvalue weighted by molar-refractivity contribution is 5.50. The second kappa shape index (κ2) is 5.03. The van der Waals surface area contributed by atoms with Gasteiger partial charge >= 0.3 is 0 Å². The Morgan fingerprint density at radius 1 is 1.43 bits per heavy atom. The monoisotopic (exact) mass is 189 g/mol. The van der Waals surface area contributed by atoms with Crippen molar-refractivity contribution < 1.29 is 4.92 Å². The zero-order chi connectivity index (χ0) is 10.4. The lowest BCUT2D eigenvalue weighted by atomic mass is 10.2. The molecule has 3 heteroatoms. The molecule has 0 fully saturated rings. The van der Waals surface area contributed by atoms with Crippen molar-refractivity contribution in [3.63, 3.8) is 0 Å². The molecule has 0 amide bonds. The molecule has 14 heavy (non-hydrogen) atoms. The predicted octanol–water partition coefficient (Wildman–Crippen LogP) is 2.75. The highest BCUT2D eigenvalue weighted by atomic mass is 16.6. The fraction of sp³-hybridized carbons (Fsp3) is 0.273. The molecule has 1 aromatic carbocycles. The second-order valence-corrected chi connectivity index (χ2v) is 2.83. The Kier molecular flexibility index (Phi) is 3.69. The Bertz CT molecular complexity index is 388. The topological polar surface area (TPSA) is 43.1 Å². The maximum Gasteiger partial charge on any atom is 0.284 e. The van der Waals surface area contributed by atoms with E-state index in [9.17, 15) is 10.1 Å². The lowest BCUT2D eigenvalue weighted by Crippen LogP contribution is -1.90. The summed E-state index contributed by atoms with van der Waals surface area (Å²) < 4.78 is 0. The summed E-state index contributed by atoms with van der Waals surface area (Å²) in [4.78, 5) is 10.2. The van der Waals surface area contributed by atoms with Gasteiger partial charge in [0, 0.05) is 12.5 Å². The van der Waals surface area contributed by atoms with Crippen LogP contribution < -0.4 is 0 Å². The van der Waals surface area contributed by atoms with Crippen LogP contribution in [0.2, 0.25) is 0 Å². The van der Waals surface area contributed by atoms with Gasteiger partial charge in [-0.05, 0) is 12.5 Å². The summed E-state index contributed by atoms with van der Waals surface area (Å²) >= 11 is 0. The minimum Gasteiger partial charge on any atom is -0.258 e. The molecule has 0 saturated carbocycles. The van der Waals surface area contributed by atoms with Crippen LogP contribution in [0.4, 0.5) is 5.69 Å². The van der Waals surface area contributed by atoms with Crippen molar-refractivity contribution in [2.24, 2.45) is 0 Å². The van der Waals surface area contributed by atoms with Gasteiger partial charge in [-0.15, -0.1) is 0 Å². The molecule has 0 radical (unpaired) electrons. The second-order valence-electron chi connectivity index (χ2n) is 2.83. The number of nitro benzene ring substituents is 1. The normalized spacial score (nSPS) is 8.93. The molecule has 0 atom stereocenters. The molecule has 0 saturated heterocycles. The minimum atomic E-state index is -0.407. The zero-order valence-corrected chi connectivity index (χ0v) is 7.99. The third kappa shape index (κ3) is 2.60. The van der Waals surface area contributed by atoms with Gasteiger partial charge in [0.25, 0.3) is 5.69 Å². The smallest absolute Gasteiger partial charge is 0.258 e. The van der Waals surface area contributed by atoms with E-state index in [2.05, 4.69) is 11.8 Å². The maximum atomic E-state index is 10.6. The molecule has 3 nitrogen and oxygen atoms in total. The number of benzene rings is 1. The van der Waals surface area contributed by atoms with E-state index in [-0.39, 0.29) is 5.69 Å². The average Bonchev–Trinajstić information content (AvgIpc) is 2.19. The van der Waals surface area contributed by atoms with Gasteiger partial charge in [0.2, 0.25) is 0 Å². The van der Waals surface area contributed by atoms with E-state index in [1.54, 1.807) is 18.2 Å². The summed E-state index contributed by atoms with van der Waals surface area (Å²) in [6.07, 6.45) is 1.74. The Morgan fingerprint density at radius 2 is 2.14 bits per heavy atom. The number of hydrogen-bond acceptors (Lipinski definition) is 2. The van der Waals surface area contributed by atoms with Crippen LogP contribution in [0.1, 0.15) is 25.3 Å². The molecule has 1 aromatic rings. The van der Waals surface area contributed by atoms with Gasteiger partial charge in [-0.3, -0.25) is 10.1 Å². The zero-order valence-electron chi connectivity index (χ0n) is 7.99. The quantitative estimate of drug-likeness (QED) is 0.408. The van der Waals surface area contributed by atoms with Crippen molar-refractivity contribution in [2.75, 3.05) is 0 Å². The number of nitro groups is 1. The summed E-state index contributed by atoms with van der Waals surface area (Å²) in [5, 5.41) is 10.6. The number of rotatable bonds is 2. The van der Waals surface area contributed by atoms with Gasteiger partial charge in [-0.1, -0.05) is 30.9 Å². The molecular formula is C11H11NO2. The molecule has 0 aromatic heterocycles. The Labute approximate surface area is 82.9 Å². The van der Waals surface area contributed by atoms with Gasteiger partial charge in [0.15, 0.2) is 0 Å². The number of nitrogens with zero attached hydrogens (tertiary/aromatic N) is 1. The Morgan fingerprint density at radius 3 is 2.79 bits per heavy atom. The fourth-order valence-corrected chi connectivity index (χ4v) is 1.02. The first kappa shape index (κ1) is 10.3. The van der Waals surface area contributed by atoms with E-state index in [4.69, 9.17) is 0 Å². The highest BCUT2D eigenvalue weighted by Crippen LogP contribution is 2.15. The maximum absolute atomic E-state index is 10.6. The van der Waals surface area contributed by atoms with E-state index in [1.807, 2.05) is 6.92 Å². The van der Waals surface area contributed by atoms with Crippen LogP contribution >= 0.6 is 0 Å². The van der Waals surface area contributed by atoms with Gasteiger partial charge in [0.1, 0.15) is 5.56 Å². The molecule has 0 unspecified atom stereocenters. The SMILES string of the molecule is CCCC#Cc1ccccc1[N+](=O)[O-]. The van der Waals surface area contributed by atoms with Crippen LogP contribution in [0.3, 0.4) is 0 Å². The molecule has 0 N–H and O–H groups in total. The van der Waals surface area contributed by atoms with Crippen LogP contribution in [0.15, 0.2) is 24.3 Å². The highest BCUT2D eigenvalue weighted by Gasteiger charge is 2.08. The first-order valence-corrected chi connectivity index (χ1v) is 4.48. The van der Waals surface area contributed by atoms with E-state index in [1.165, 1.54) is 6.07 Å². The van der Waals surface area contributed by atoms with Crippen LogP contribution in [-0.4, -0.2) is 4.92 Å². The lowest BCUT2D eigenvalue weighted by molar-refractivity contribution is -0.385. The molecule has 1 rings (SSSR count). The summed E-state index contributed by atoms with van der Waals surface area (Å²) in [6.45, 7) is 2.02. The minimum absolute atomic E-state index is 0.0797. The van der Waals surface area contributed by atoms with Crippen LogP contribution in [0.5, 0.6) is 0 Å². The van der Waals surface area contributed by atoms with E-state index in [0.717, 1.165) is 12.8 Å². The Hall–Kier alpha value is -1.82. The van der Waals surface area contributed by atoms with E-state index < -0.39 is 4.92 Å². The molecule has 72 valence electrons. The van der Waals surface area contributed by atoms with Crippen molar-refractivity contribution in [3.8, 4) is 11.8 Å². The van der Waals surface area contributed by atoms with Crippen molar-refractivity contribution in [1.29, 1.82) is 0 Å². The molecule has 0 aliphatic carbocycles. The molecule has 0 aliphatic rings. The molecule has 0 heterocycles. The fourth-order valence-electron chi connectivity index (χ4n) is 1.02. The van der Waals surface area contributed by atoms with Crippen LogP contribution in [0.25, 0.3) is 0 Å². The van der Waals surface area contributed by atoms with Crippen LogP contribution in [-0.2, 0) is 0 Å². The third-order valence-corrected chi connectivity index (χ3v) is 1.70.